The first-order valence-corrected chi connectivity index (χ1v) is 10.1. The third kappa shape index (κ3) is 4.64. The van der Waals surface area contributed by atoms with Crippen LogP contribution in [0.3, 0.4) is 0 Å². The number of ether oxygens (including phenoxy) is 1. The van der Waals surface area contributed by atoms with Gasteiger partial charge < -0.3 is 14.6 Å². The van der Waals surface area contributed by atoms with Crippen molar-refractivity contribution in [3.8, 4) is 5.69 Å². The second-order valence-corrected chi connectivity index (χ2v) is 7.23. The summed E-state index contributed by atoms with van der Waals surface area (Å²) in [5.41, 5.74) is 4.30. The number of nitrogens with zero attached hydrogens (tertiary/aromatic N) is 1. The lowest BCUT2D eigenvalue weighted by molar-refractivity contribution is -0.119. The molecule has 0 saturated carbocycles. The van der Waals surface area contributed by atoms with Gasteiger partial charge in [-0.1, -0.05) is 6.07 Å². The Bertz CT molecular complexity index is 974. The molecule has 0 bridgehead atoms. The second kappa shape index (κ2) is 8.80. The Morgan fingerprint density at radius 1 is 1.00 bits per heavy atom. The molecule has 3 rings (SSSR count). The third-order valence-corrected chi connectivity index (χ3v) is 5.05. The van der Waals surface area contributed by atoms with Crippen molar-refractivity contribution in [2.75, 3.05) is 18.2 Å². The molecule has 0 aliphatic heterocycles. The Kier molecular flexibility index (Phi) is 6.21. The molecule has 5 nitrogen and oxygen atoms in total. The van der Waals surface area contributed by atoms with Crippen LogP contribution in [0.15, 0.2) is 65.6 Å². The van der Waals surface area contributed by atoms with E-state index in [9.17, 15) is 9.59 Å². The van der Waals surface area contributed by atoms with Crippen molar-refractivity contribution in [2.45, 2.75) is 18.7 Å². The number of amides is 1. The van der Waals surface area contributed by atoms with Crippen molar-refractivity contribution in [1.82, 2.24) is 4.57 Å². The first kappa shape index (κ1) is 19.8. The van der Waals surface area contributed by atoms with E-state index in [1.165, 1.54) is 0 Å². The number of aromatic nitrogens is 1. The van der Waals surface area contributed by atoms with Gasteiger partial charge in [0, 0.05) is 27.7 Å². The van der Waals surface area contributed by atoms with E-state index in [2.05, 4.69) is 9.88 Å². The molecule has 0 fully saturated rings. The fourth-order valence-corrected chi connectivity index (χ4v) is 3.39. The zero-order valence-corrected chi connectivity index (χ0v) is 16.9. The molecule has 1 N–H and O–H groups in total. The number of esters is 1. The molecule has 1 amide bonds. The highest BCUT2D eigenvalue weighted by Gasteiger charge is 2.12. The lowest BCUT2D eigenvalue weighted by atomic mass is 10.2. The van der Waals surface area contributed by atoms with Gasteiger partial charge in [-0.15, -0.1) is 11.8 Å². The van der Waals surface area contributed by atoms with E-state index in [0.717, 1.165) is 22.0 Å². The largest absolute Gasteiger partial charge is 0.452 e. The van der Waals surface area contributed by atoms with E-state index >= 15 is 0 Å². The summed E-state index contributed by atoms with van der Waals surface area (Å²) in [7, 11) is 0. The molecule has 0 spiro atoms. The molecule has 0 aliphatic carbocycles. The van der Waals surface area contributed by atoms with E-state index in [1.54, 1.807) is 30.0 Å². The highest BCUT2D eigenvalue weighted by molar-refractivity contribution is 7.98. The molecular formula is C22H22N2O3S. The molecule has 0 radical (unpaired) electrons. The SMILES string of the molecule is CSc1cccc(NC(=O)COC(=O)c2ccc(-n3c(C)ccc3C)cc2)c1. The predicted octanol–water partition coefficient (Wildman–Crippen LogP) is 4.61. The van der Waals surface area contributed by atoms with E-state index in [4.69, 9.17) is 4.74 Å². The number of nitrogens with one attached hydrogen (secondary N) is 1. The summed E-state index contributed by atoms with van der Waals surface area (Å²) in [6, 6.07) is 18.7. The first-order chi connectivity index (χ1) is 13.5. The minimum absolute atomic E-state index is 0.333. The highest BCUT2D eigenvalue weighted by Crippen LogP contribution is 2.19. The van der Waals surface area contributed by atoms with Gasteiger partial charge in [0.1, 0.15) is 0 Å². The van der Waals surface area contributed by atoms with Gasteiger partial charge in [-0.3, -0.25) is 4.79 Å². The summed E-state index contributed by atoms with van der Waals surface area (Å²) in [6.45, 7) is 3.73. The molecule has 0 unspecified atom stereocenters. The normalized spacial score (nSPS) is 10.5. The summed E-state index contributed by atoms with van der Waals surface area (Å²) in [5.74, 6) is -0.901. The van der Waals surface area contributed by atoms with Crippen LogP contribution in [0.1, 0.15) is 21.7 Å². The summed E-state index contributed by atoms with van der Waals surface area (Å²) >= 11 is 1.59. The minimum Gasteiger partial charge on any atom is -0.452 e. The fourth-order valence-electron chi connectivity index (χ4n) is 2.93. The van der Waals surface area contributed by atoms with Crippen LogP contribution in [-0.2, 0) is 9.53 Å². The van der Waals surface area contributed by atoms with Crippen LogP contribution in [0.4, 0.5) is 5.69 Å². The van der Waals surface area contributed by atoms with Gasteiger partial charge in [0.15, 0.2) is 6.61 Å². The molecule has 0 aliphatic rings. The second-order valence-electron chi connectivity index (χ2n) is 6.35. The van der Waals surface area contributed by atoms with Crippen LogP contribution in [0, 0.1) is 13.8 Å². The fraction of sp³-hybridized carbons (Fsp3) is 0.182. The molecule has 3 aromatic rings. The van der Waals surface area contributed by atoms with Crippen molar-refractivity contribution < 1.29 is 14.3 Å². The smallest absolute Gasteiger partial charge is 0.338 e. The Balaban J connectivity index is 1.58. The van der Waals surface area contributed by atoms with Gasteiger partial charge in [-0.2, -0.15) is 0 Å². The standard InChI is InChI=1S/C22H22N2O3S/c1-15-7-8-16(2)24(15)19-11-9-17(10-12-19)22(26)27-14-21(25)23-18-5-4-6-20(13-18)28-3/h4-13H,14H2,1-3H3,(H,23,25). The van der Waals surface area contributed by atoms with Gasteiger partial charge in [-0.05, 0) is 74.7 Å². The average molecular weight is 394 g/mol. The molecule has 1 heterocycles. The molecule has 2 aromatic carbocycles. The van der Waals surface area contributed by atoms with Crippen molar-refractivity contribution >= 4 is 29.3 Å². The van der Waals surface area contributed by atoms with Crippen LogP contribution >= 0.6 is 11.8 Å². The van der Waals surface area contributed by atoms with Crippen molar-refractivity contribution in [2.24, 2.45) is 0 Å². The Hall–Kier alpha value is -2.99. The van der Waals surface area contributed by atoms with Crippen LogP contribution in [0.5, 0.6) is 0 Å². The van der Waals surface area contributed by atoms with Gasteiger partial charge in [0.25, 0.3) is 5.91 Å². The molecule has 0 saturated heterocycles. The van der Waals surface area contributed by atoms with Crippen LogP contribution in [-0.4, -0.2) is 29.3 Å². The molecule has 1 aromatic heterocycles. The monoisotopic (exact) mass is 394 g/mol. The molecular weight excluding hydrogens is 372 g/mol. The zero-order chi connectivity index (χ0) is 20.1. The van der Waals surface area contributed by atoms with Gasteiger partial charge in [0.2, 0.25) is 0 Å². The lowest BCUT2D eigenvalue weighted by Crippen LogP contribution is -2.21. The number of benzene rings is 2. The topological polar surface area (TPSA) is 60.3 Å². The maximum Gasteiger partial charge on any atom is 0.338 e. The van der Waals surface area contributed by atoms with Crippen LogP contribution < -0.4 is 5.32 Å². The number of carbonyl (C=O) groups is 2. The number of aryl methyl sites for hydroxylation is 2. The lowest BCUT2D eigenvalue weighted by Gasteiger charge is -2.10. The molecule has 0 atom stereocenters. The number of hydrogen-bond donors (Lipinski definition) is 1. The number of carbonyl (C=O) groups excluding carboxylic acids is 2. The third-order valence-electron chi connectivity index (χ3n) is 4.32. The Morgan fingerprint density at radius 3 is 2.32 bits per heavy atom. The minimum atomic E-state index is -0.527. The van der Waals surface area contributed by atoms with Crippen molar-refractivity contribution in [1.29, 1.82) is 0 Å². The number of hydrogen-bond acceptors (Lipinski definition) is 4. The highest BCUT2D eigenvalue weighted by atomic mass is 32.2. The summed E-state index contributed by atoms with van der Waals surface area (Å²) < 4.78 is 7.24. The summed E-state index contributed by atoms with van der Waals surface area (Å²) in [6.07, 6.45) is 1.97. The number of rotatable bonds is 6. The number of thioether (sulfide) groups is 1. The van der Waals surface area contributed by atoms with Crippen molar-refractivity contribution in [3.05, 3.63) is 77.6 Å². The quantitative estimate of drug-likeness (QED) is 0.490. The zero-order valence-electron chi connectivity index (χ0n) is 16.1. The van der Waals surface area contributed by atoms with E-state index in [0.29, 0.717) is 11.3 Å². The van der Waals surface area contributed by atoms with Crippen LogP contribution in [0.25, 0.3) is 5.69 Å². The van der Waals surface area contributed by atoms with E-state index < -0.39 is 5.97 Å². The van der Waals surface area contributed by atoms with E-state index in [1.807, 2.05) is 62.6 Å². The van der Waals surface area contributed by atoms with Gasteiger partial charge in [0.05, 0.1) is 5.56 Å². The predicted molar refractivity (Wildman–Crippen MR) is 112 cm³/mol. The molecule has 144 valence electrons. The van der Waals surface area contributed by atoms with Crippen molar-refractivity contribution in [3.63, 3.8) is 0 Å². The van der Waals surface area contributed by atoms with Gasteiger partial charge >= 0.3 is 5.97 Å². The first-order valence-electron chi connectivity index (χ1n) is 8.84. The summed E-state index contributed by atoms with van der Waals surface area (Å²) in [5, 5.41) is 2.73. The molecule has 6 heteroatoms. The maximum atomic E-state index is 12.2. The Morgan fingerprint density at radius 2 is 1.68 bits per heavy atom. The van der Waals surface area contributed by atoms with Crippen LogP contribution in [0.2, 0.25) is 0 Å². The Labute approximate surface area is 168 Å². The maximum absolute atomic E-state index is 12.2. The van der Waals surface area contributed by atoms with E-state index in [-0.39, 0.29) is 12.5 Å². The number of anilines is 1. The average Bonchev–Trinajstić information content (AvgIpc) is 3.04. The molecule has 28 heavy (non-hydrogen) atoms. The van der Waals surface area contributed by atoms with Gasteiger partial charge in [-0.25, -0.2) is 4.79 Å². The summed E-state index contributed by atoms with van der Waals surface area (Å²) in [4.78, 5) is 25.3.